The van der Waals surface area contributed by atoms with Crippen molar-refractivity contribution in [1.29, 1.82) is 0 Å². The maximum Gasteiger partial charge on any atom is 0.151 e. The maximum absolute atomic E-state index is 5.54. The van der Waals surface area contributed by atoms with Crippen LogP contribution in [0.25, 0.3) is 0 Å². The molecule has 1 aromatic rings. The topological polar surface area (TPSA) is 50.5 Å². The fourth-order valence-electron chi connectivity index (χ4n) is 2.37. The summed E-state index contributed by atoms with van der Waals surface area (Å²) in [5.41, 5.74) is 1.04. The van der Waals surface area contributed by atoms with Crippen molar-refractivity contribution in [3.8, 4) is 0 Å². The van der Waals surface area contributed by atoms with Crippen molar-refractivity contribution in [3.05, 3.63) is 17.5 Å². The van der Waals surface area contributed by atoms with Gasteiger partial charge in [0.25, 0.3) is 0 Å². The highest BCUT2D eigenvalue weighted by molar-refractivity contribution is 5.06. The molecule has 0 aromatic carbocycles. The van der Waals surface area contributed by atoms with Crippen LogP contribution >= 0.6 is 0 Å². The van der Waals surface area contributed by atoms with Gasteiger partial charge in [-0.25, -0.2) is 0 Å². The van der Waals surface area contributed by atoms with Gasteiger partial charge in [-0.1, -0.05) is 19.0 Å². The van der Waals surface area contributed by atoms with Crippen molar-refractivity contribution >= 4 is 0 Å². The summed E-state index contributed by atoms with van der Waals surface area (Å²) in [5.74, 6) is 1.58. The molecule has 0 aliphatic carbocycles. The molecule has 5 nitrogen and oxygen atoms in total. The second kappa shape index (κ2) is 6.70. The summed E-state index contributed by atoms with van der Waals surface area (Å²) in [6.07, 6.45) is 0. The van der Waals surface area contributed by atoms with E-state index in [0.29, 0.717) is 5.92 Å². The molecule has 0 amide bonds. The van der Waals surface area contributed by atoms with Crippen LogP contribution in [0, 0.1) is 5.92 Å². The molecule has 1 aliphatic heterocycles. The average Bonchev–Trinajstić information content (AvgIpc) is 2.79. The summed E-state index contributed by atoms with van der Waals surface area (Å²) in [7, 11) is 0. The van der Waals surface area contributed by atoms with Crippen molar-refractivity contribution in [2.45, 2.75) is 46.3 Å². The third kappa shape index (κ3) is 4.30. The minimum atomic E-state index is 0.0566. The van der Waals surface area contributed by atoms with Crippen molar-refractivity contribution in [2.24, 2.45) is 5.92 Å². The molecule has 0 bridgehead atoms. The van der Waals surface area contributed by atoms with Crippen molar-refractivity contribution in [3.63, 3.8) is 0 Å². The summed E-state index contributed by atoms with van der Waals surface area (Å²) in [6, 6.07) is 2.05. The Morgan fingerprint density at radius 3 is 2.95 bits per heavy atom. The fraction of sp³-hybridized carbons (Fsp3) is 0.800. The van der Waals surface area contributed by atoms with E-state index in [1.54, 1.807) is 0 Å². The molecule has 1 aromatic heterocycles. The lowest BCUT2D eigenvalue weighted by atomic mass is 10.0. The molecule has 0 spiro atoms. The molecule has 1 saturated heterocycles. The Balaban J connectivity index is 1.85. The highest BCUT2D eigenvalue weighted by Crippen LogP contribution is 2.21. The zero-order chi connectivity index (χ0) is 14.6. The van der Waals surface area contributed by atoms with Crippen LogP contribution in [-0.2, 0) is 17.8 Å². The molecule has 5 heteroatoms. The first-order valence-corrected chi connectivity index (χ1v) is 7.45. The lowest BCUT2D eigenvalue weighted by Crippen LogP contribution is -2.52. The molecule has 1 N–H and O–H groups in total. The van der Waals surface area contributed by atoms with Gasteiger partial charge in [0.15, 0.2) is 5.76 Å². The number of hydrogen-bond acceptors (Lipinski definition) is 5. The number of aromatic nitrogens is 1. The molecular weight excluding hydrogens is 254 g/mol. The summed E-state index contributed by atoms with van der Waals surface area (Å²) in [6.45, 7) is 13.9. The largest absolute Gasteiger partial charge is 0.378 e. The fourth-order valence-corrected chi connectivity index (χ4v) is 2.37. The predicted octanol–water partition coefficient (Wildman–Crippen LogP) is 2.03. The van der Waals surface area contributed by atoms with E-state index in [1.165, 1.54) is 0 Å². The van der Waals surface area contributed by atoms with Gasteiger partial charge in [-0.05, 0) is 26.3 Å². The summed E-state index contributed by atoms with van der Waals surface area (Å²) in [5, 5.41) is 7.51. The Labute approximate surface area is 121 Å². The van der Waals surface area contributed by atoms with Crippen LogP contribution < -0.4 is 5.32 Å². The number of morpholine rings is 1. The van der Waals surface area contributed by atoms with Gasteiger partial charge in [-0.2, -0.15) is 0 Å². The van der Waals surface area contributed by atoms with Crippen LogP contribution in [-0.4, -0.2) is 41.9 Å². The van der Waals surface area contributed by atoms with E-state index in [9.17, 15) is 0 Å². The van der Waals surface area contributed by atoms with Crippen LogP contribution in [0.15, 0.2) is 10.6 Å². The first-order chi connectivity index (χ1) is 9.47. The van der Waals surface area contributed by atoms with Gasteiger partial charge in [0.2, 0.25) is 0 Å². The van der Waals surface area contributed by atoms with Gasteiger partial charge in [0, 0.05) is 24.7 Å². The van der Waals surface area contributed by atoms with E-state index in [4.69, 9.17) is 9.26 Å². The highest BCUT2D eigenvalue weighted by Gasteiger charge is 2.31. The summed E-state index contributed by atoms with van der Waals surface area (Å²) < 4.78 is 11.0. The zero-order valence-corrected chi connectivity index (χ0v) is 13.1. The lowest BCUT2D eigenvalue weighted by molar-refractivity contribution is -0.0582. The molecular formula is C15H27N3O2. The van der Waals surface area contributed by atoms with Crippen LogP contribution in [0.4, 0.5) is 0 Å². The molecule has 114 valence electrons. The average molecular weight is 281 g/mol. The van der Waals surface area contributed by atoms with Gasteiger partial charge >= 0.3 is 0 Å². The van der Waals surface area contributed by atoms with Gasteiger partial charge in [0.1, 0.15) is 0 Å². The van der Waals surface area contributed by atoms with Gasteiger partial charge in [0.05, 0.1) is 25.5 Å². The standard InChI is InChI=1S/C15H27N3O2/c1-12(2)8-16-9-13-7-14(20-17-13)10-18-5-6-19-11-15(18,3)4/h7,12,16H,5-6,8-11H2,1-4H3. The number of nitrogens with one attached hydrogen (secondary N) is 1. The van der Waals surface area contributed by atoms with E-state index < -0.39 is 0 Å². The van der Waals surface area contributed by atoms with E-state index in [2.05, 4.69) is 49.1 Å². The zero-order valence-electron chi connectivity index (χ0n) is 13.1. The first-order valence-electron chi connectivity index (χ1n) is 7.45. The number of rotatable bonds is 6. The van der Waals surface area contributed by atoms with E-state index in [0.717, 1.165) is 50.8 Å². The Hall–Kier alpha value is -0.910. The lowest BCUT2D eigenvalue weighted by Gasteiger charge is -2.41. The van der Waals surface area contributed by atoms with Crippen LogP contribution in [0.5, 0.6) is 0 Å². The van der Waals surface area contributed by atoms with Crippen molar-refractivity contribution in [2.75, 3.05) is 26.3 Å². The Morgan fingerprint density at radius 1 is 1.45 bits per heavy atom. The Morgan fingerprint density at radius 2 is 2.25 bits per heavy atom. The molecule has 0 radical (unpaired) electrons. The van der Waals surface area contributed by atoms with Crippen LogP contribution in [0.3, 0.4) is 0 Å². The number of hydrogen-bond donors (Lipinski definition) is 1. The number of nitrogens with zero attached hydrogens (tertiary/aromatic N) is 2. The normalized spacial score (nSPS) is 19.6. The molecule has 20 heavy (non-hydrogen) atoms. The summed E-state index contributed by atoms with van der Waals surface area (Å²) in [4.78, 5) is 2.39. The SMILES string of the molecule is CC(C)CNCc1cc(CN2CCOCC2(C)C)on1. The minimum absolute atomic E-state index is 0.0566. The predicted molar refractivity (Wildman–Crippen MR) is 78.4 cm³/mol. The summed E-state index contributed by atoms with van der Waals surface area (Å²) >= 11 is 0. The van der Waals surface area contributed by atoms with Crippen molar-refractivity contribution < 1.29 is 9.26 Å². The molecule has 2 heterocycles. The third-order valence-corrected chi connectivity index (χ3v) is 3.63. The van der Waals surface area contributed by atoms with E-state index in [-0.39, 0.29) is 5.54 Å². The van der Waals surface area contributed by atoms with Crippen molar-refractivity contribution in [1.82, 2.24) is 15.4 Å². The number of ether oxygens (including phenoxy) is 1. The van der Waals surface area contributed by atoms with Crippen LogP contribution in [0.2, 0.25) is 0 Å². The molecule has 1 fully saturated rings. The molecule has 1 aliphatic rings. The third-order valence-electron chi connectivity index (χ3n) is 3.63. The van der Waals surface area contributed by atoms with Crippen LogP contribution in [0.1, 0.15) is 39.1 Å². The molecule has 0 unspecified atom stereocenters. The quantitative estimate of drug-likeness (QED) is 0.864. The first kappa shape index (κ1) is 15.5. The smallest absolute Gasteiger partial charge is 0.151 e. The van der Waals surface area contributed by atoms with Gasteiger partial charge in [-0.3, -0.25) is 4.90 Å². The Kier molecular flexibility index (Phi) is 5.18. The second-order valence-electron chi connectivity index (χ2n) is 6.60. The molecule has 0 saturated carbocycles. The van der Waals surface area contributed by atoms with E-state index in [1.807, 2.05) is 0 Å². The van der Waals surface area contributed by atoms with Gasteiger partial charge < -0.3 is 14.6 Å². The molecule has 0 atom stereocenters. The van der Waals surface area contributed by atoms with Gasteiger partial charge in [-0.15, -0.1) is 0 Å². The second-order valence-corrected chi connectivity index (χ2v) is 6.60. The minimum Gasteiger partial charge on any atom is -0.378 e. The van der Waals surface area contributed by atoms with E-state index >= 15 is 0 Å². The Bertz CT molecular complexity index is 415. The monoisotopic (exact) mass is 281 g/mol. The highest BCUT2D eigenvalue weighted by atomic mass is 16.5. The molecule has 2 rings (SSSR count). The maximum atomic E-state index is 5.54.